The molecule has 2 aromatic carbocycles. The van der Waals surface area contributed by atoms with Crippen molar-refractivity contribution in [3.05, 3.63) is 69.2 Å². The fourth-order valence-electron chi connectivity index (χ4n) is 2.14. The van der Waals surface area contributed by atoms with Crippen LogP contribution in [0.5, 0.6) is 0 Å². The van der Waals surface area contributed by atoms with Crippen LogP contribution in [0.2, 0.25) is 0 Å². The van der Waals surface area contributed by atoms with Crippen molar-refractivity contribution in [2.75, 3.05) is 0 Å². The Balaban J connectivity index is 2.16. The highest BCUT2D eigenvalue weighted by Gasteiger charge is 2.29. The first-order chi connectivity index (χ1) is 9.77. The summed E-state index contributed by atoms with van der Waals surface area (Å²) in [6.45, 7) is 1.97. The molecule has 0 saturated carbocycles. The Kier molecular flexibility index (Phi) is 4.74. The van der Waals surface area contributed by atoms with Gasteiger partial charge in [0.25, 0.3) is 0 Å². The monoisotopic (exact) mass is 357 g/mol. The summed E-state index contributed by atoms with van der Waals surface area (Å²) in [5.41, 5.74) is 8.35. The van der Waals surface area contributed by atoms with E-state index in [0.29, 0.717) is 6.42 Å². The summed E-state index contributed by atoms with van der Waals surface area (Å²) in [4.78, 5) is 0. The molecule has 112 valence electrons. The van der Waals surface area contributed by atoms with Crippen molar-refractivity contribution in [2.45, 2.75) is 25.6 Å². The van der Waals surface area contributed by atoms with Gasteiger partial charge < -0.3 is 5.73 Å². The molecule has 0 aliphatic heterocycles. The second kappa shape index (κ2) is 6.20. The maximum Gasteiger partial charge on any atom is 0.416 e. The summed E-state index contributed by atoms with van der Waals surface area (Å²) in [7, 11) is 0. The molecule has 0 aromatic heterocycles. The summed E-state index contributed by atoms with van der Waals surface area (Å²) in [5, 5.41) is 0. The van der Waals surface area contributed by atoms with Crippen molar-refractivity contribution in [3.63, 3.8) is 0 Å². The largest absolute Gasteiger partial charge is 0.416 e. The van der Waals surface area contributed by atoms with Crippen LogP contribution in [0.3, 0.4) is 0 Å². The second-order valence-corrected chi connectivity index (χ2v) is 5.88. The third-order valence-electron chi connectivity index (χ3n) is 3.29. The van der Waals surface area contributed by atoms with E-state index in [1.807, 2.05) is 25.1 Å². The van der Waals surface area contributed by atoms with Crippen LogP contribution in [-0.2, 0) is 12.6 Å². The molecule has 0 aliphatic carbocycles. The SMILES string of the molecule is Cc1ccc(Br)c(C(N)Cc2ccc(C(F)(F)F)cc2)c1. The zero-order valence-electron chi connectivity index (χ0n) is 11.4. The van der Waals surface area contributed by atoms with E-state index in [-0.39, 0.29) is 6.04 Å². The lowest BCUT2D eigenvalue weighted by Crippen LogP contribution is -2.14. The molecule has 0 radical (unpaired) electrons. The number of rotatable bonds is 3. The molecular formula is C16H15BrF3N. The Morgan fingerprint density at radius 2 is 1.71 bits per heavy atom. The predicted molar refractivity (Wildman–Crippen MR) is 81.0 cm³/mol. The number of hydrogen-bond donors (Lipinski definition) is 1. The van der Waals surface area contributed by atoms with E-state index in [2.05, 4.69) is 15.9 Å². The van der Waals surface area contributed by atoms with Crippen LogP contribution in [0.25, 0.3) is 0 Å². The zero-order chi connectivity index (χ0) is 15.6. The second-order valence-electron chi connectivity index (χ2n) is 5.03. The standard InChI is InChI=1S/C16H15BrF3N/c1-10-2-7-14(17)13(8-10)15(21)9-11-3-5-12(6-4-11)16(18,19)20/h2-8,15H,9,21H2,1H3. The molecule has 0 bridgehead atoms. The van der Waals surface area contributed by atoms with Crippen molar-refractivity contribution in [2.24, 2.45) is 5.73 Å². The van der Waals surface area contributed by atoms with Gasteiger partial charge in [0, 0.05) is 10.5 Å². The molecule has 1 nitrogen and oxygen atoms in total. The van der Waals surface area contributed by atoms with Gasteiger partial charge in [0.15, 0.2) is 0 Å². The van der Waals surface area contributed by atoms with Gasteiger partial charge in [-0.1, -0.05) is 45.8 Å². The van der Waals surface area contributed by atoms with E-state index < -0.39 is 11.7 Å². The van der Waals surface area contributed by atoms with Crippen LogP contribution in [0.15, 0.2) is 46.9 Å². The van der Waals surface area contributed by atoms with E-state index >= 15 is 0 Å². The minimum absolute atomic E-state index is 0.268. The van der Waals surface area contributed by atoms with E-state index in [0.717, 1.165) is 33.3 Å². The predicted octanol–water partition coefficient (Wildman–Crippen LogP) is 5.02. The maximum atomic E-state index is 12.5. The molecular weight excluding hydrogens is 343 g/mol. The van der Waals surface area contributed by atoms with Gasteiger partial charge in [-0.25, -0.2) is 0 Å². The Hall–Kier alpha value is -1.33. The summed E-state index contributed by atoms with van der Waals surface area (Å²) in [6.07, 6.45) is -3.82. The fraction of sp³-hybridized carbons (Fsp3) is 0.250. The van der Waals surface area contributed by atoms with Crippen LogP contribution in [0.4, 0.5) is 13.2 Å². The van der Waals surface area contributed by atoms with E-state index in [9.17, 15) is 13.2 Å². The smallest absolute Gasteiger partial charge is 0.324 e. The third-order valence-corrected chi connectivity index (χ3v) is 4.01. The Morgan fingerprint density at radius 1 is 1.10 bits per heavy atom. The summed E-state index contributed by atoms with van der Waals surface area (Å²) in [5.74, 6) is 0. The van der Waals surface area contributed by atoms with Gasteiger partial charge in [0.05, 0.1) is 5.56 Å². The van der Waals surface area contributed by atoms with Gasteiger partial charge in [-0.2, -0.15) is 13.2 Å². The molecule has 0 fully saturated rings. The molecule has 2 aromatic rings. The number of benzene rings is 2. The Bertz CT molecular complexity index is 620. The molecule has 2 N–H and O–H groups in total. The van der Waals surface area contributed by atoms with Crippen molar-refractivity contribution in [3.8, 4) is 0 Å². The van der Waals surface area contributed by atoms with E-state index in [4.69, 9.17) is 5.73 Å². The average Bonchev–Trinajstić information content (AvgIpc) is 2.41. The lowest BCUT2D eigenvalue weighted by Gasteiger charge is -2.15. The summed E-state index contributed by atoms with van der Waals surface area (Å²) in [6, 6.07) is 10.8. The fourth-order valence-corrected chi connectivity index (χ4v) is 2.68. The van der Waals surface area contributed by atoms with Crippen LogP contribution in [0.1, 0.15) is 28.3 Å². The quantitative estimate of drug-likeness (QED) is 0.819. The van der Waals surface area contributed by atoms with Gasteiger partial charge in [-0.05, 0) is 42.7 Å². The first-order valence-electron chi connectivity index (χ1n) is 6.45. The Morgan fingerprint density at radius 3 is 2.29 bits per heavy atom. The lowest BCUT2D eigenvalue weighted by atomic mass is 9.98. The minimum Gasteiger partial charge on any atom is -0.324 e. The molecule has 1 unspecified atom stereocenters. The van der Waals surface area contributed by atoms with Crippen LogP contribution < -0.4 is 5.73 Å². The molecule has 0 saturated heterocycles. The average molecular weight is 358 g/mol. The highest BCUT2D eigenvalue weighted by atomic mass is 79.9. The van der Waals surface area contributed by atoms with Crippen molar-refractivity contribution < 1.29 is 13.2 Å². The number of alkyl halides is 3. The molecule has 21 heavy (non-hydrogen) atoms. The molecule has 0 spiro atoms. The normalized spacial score (nSPS) is 13.2. The minimum atomic E-state index is -4.31. The number of aryl methyl sites for hydroxylation is 1. The first-order valence-corrected chi connectivity index (χ1v) is 7.24. The molecule has 0 amide bonds. The highest BCUT2D eigenvalue weighted by molar-refractivity contribution is 9.10. The summed E-state index contributed by atoms with van der Waals surface area (Å²) >= 11 is 3.45. The Labute approximate surface area is 130 Å². The van der Waals surface area contributed by atoms with E-state index in [1.165, 1.54) is 12.1 Å². The van der Waals surface area contributed by atoms with Crippen LogP contribution in [-0.4, -0.2) is 0 Å². The van der Waals surface area contributed by atoms with Gasteiger partial charge >= 0.3 is 6.18 Å². The molecule has 5 heteroatoms. The molecule has 2 rings (SSSR count). The van der Waals surface area contributed by atoms with Gasteiger partial charge in [0.2, 0.25) is 0 Å². The zero-order valence-corrected chi connectivity index (χ0v) is 13.0. The van der Waals surface area contributed by atoms with E-state index in [1.54, 1.807) is 0 Å². The van der Waals surface area contributed by atoms with Crippen molar-refractivity contribution >= 4 is 15.9 Å². The maximum absolute atomic E-state index is 12.5. The number of halogens is 4. The van der Waals surface area contributed by atoms with Gasteiger partial charge in [0.1, 0.15) is 0 Å². The third kappa shape index (κ3) is 4.08. The first kappa shape index (κ1) is 16.0. The number of nitrogens with two attached hydrogens (primary N) is 1. The van der Waals surface area contributed by atoms with Crippen LogP contribution >= 0.6 is 15.9 Å². The summed E-state index contributed by atoms with van der Waals surface area (Å²) < 4.78 is 38.5. The molecule has 1 atom stereocenters. The van der Waals surface area contributed by atoms with Crippen molar-refractivity contribution in [1.29, 1.82) is 0 Å². The highest BCUT2D eigenvalue weighted by Crippen LogP contribution is 2.30. The van der Waals surface area contributed by atoms with Crippen LogP contribution in [0, 0.1) is 6.92 Å². The van der Waals surface area contributed by atoms with Gasteiger partial charge in [-0.3, -0.25) is 0 Å². The molecule has 0 aliphatic rings. The lowest BCUT2D eigenvalue weighted by molar-refractivity contribution is -0.137. The topological polar surface area (TPSA) is 26.0 Å². The van der Waals surface area contributed by atoms with Crippen molar-refractivity contribution in [1.82, 2.24) is 0 Å². The molecule has 0 heterocycles. The van der Waals surface area contributed by atoms with Gasteiger partial charge in [-0.15, -0.1) is 0 Å². The number of hydrogen-bond acceptors (Lipinski definition) is 1.